The fourth-order valence-electron chi connectivity index (χ4n) is 0.865. The minimum absolute atomic E-state index is 0.0798. The maximum atomic E-state index is 11.2. The lowest BCUT2D eigenvalue weighted by molar-refractivity contribution is -0.122. The zero-order chi connectivity index (χ0) is 11.3. The van der Waals surface area contributed by atoms with Gasteiger partial charge in [-0.3, -0.25) is 9.59 Å². The fourth-order valence-corrected chi connectivity index (χ4v) is 1.02. The van der Waals surface area contributed by atoms with E-state index in [0.717, 1.165) is 0 Å². The first-order valence-corrected chi connectivity index (χ1v) is 4.61. The first-order chi connectivity index (χ1) is 7.08. The van der Waals surface area contributed by atoms with Crippen LogP contribution in [0.4, 0.5) is 5.82 Å². The van der Waals surface area contributed by atoms with E-state index in [0.29, 0.717) is 10.8 Å². The van der Waals surface area contributed by atoms with Crippen LogP contribution in [0.3, 0.4) is 0 Å². The molecule has 6 heteroatoms. The molecule has 0 unspecified atom stereocenters. The highest BCUT2D eigenvalue weighted by Crippen LogP contribution is 2.11. The van der Waals surface area contributed by atoms with Crippen LogP contribution >= 0.6 is 11.6 Å². The predicted octanol–water partition coefficient (Wildman–Crippen LogP) is 0.810. The normalized spacial score (nSPS) is 9.47. The number of hydrogen-bond donors (Lipinski definition) is 2. The van der Waals surface area contributed by atoms with Crippen LogP contribution in [0.25, 0.3) is 0 Å². The molecule has 0 spiro atoms. The van der Waals surface area contributed by atoms with Gasteiger partial charge in [-0.25, -0.2) is 4.98 Å². The molecule has 0 aromatic carbocycles. The van der Waals surface area contributed by atoms with E-state index in [2.05, 4.69) is 15.6 Å². The molecule has 0 aliphatic carbocycles. The van der Waals surface area contributed by atoms with Crippen molar-refractivity contribution in [3.05, 3.63) is 23.4 Å². The molecule has 1 aromatic heterocycles. The molecule has 1 heterocycles. The number of carbonyl (C=O) groups is 2. The molecule has 0 aliphatic rings. The van der Waals surface area contributed by atoms with Gasteiger partial charge in [0.2, 0.25) is 11.8 Å². The maximum Gasteiger partial charge on any atom is 0.244 e. The highest BCUT2D eigenvalue weighted by atomic mass is 35.5. The Hall–Kier alpha value is -1.62. The number of amides is 2. The molecular weight excluding hydrogens is 218 g/mol. The molecule has 1 rings (SSSR count). The van der Waals surface area contributed by atoms with E-state index in [9.17, 15) is 9.59 Å². The molecule has 80 valence electrons. The van der Waals surface area contributed by atoms with Crippen molar-refractivity contribution in [3.63, 3.8) is 0 Å². The van der Waals surface area contributed by atoms with Gasteiger partial charge in [0.25, 0.3) is 0 Å². The van der Waals surface area contributed by atoms with Crippen molar-refractivity contribution in [1.82, 2.24) is 10.3 Å². The number of pyridine rings is 1. The highest BCUT2D eigenvalue weighted by Gasteiger charge is 2.03. The van der Waals surface area contributed by atoms with E-state index in [4.69, 9.17) is 11.6 Å². The standard InChI is InChI=1S/C9H10ClN3O2/c1-6(14)12-5-9(15)13-8-4-7(10)2-3-11-8/h2-4H,5H2,1H3,(H,12,14)(H,11,13,15). The summed E-state index contributed by atoms with van der Waals surface area (Å²) in [4.78, 5) is 25.6. The van der Waals surface area contributed by atoms with Gasteiger partial charge < -0.3 is 10.6 Å². The smallest absolute Gasteiger partial charge is 0.244 e. The lowest BCUT2D eigenvalue weighted by Crippen LogP contribution is -2.31. The number of anilines is 1. The quantitative estimate of drug-likeness (QED) is 0.803. The van der Waals surface area contributed by atoms with Crippen molar-refractivity contribution in [3.8, 4) is 0 Å². The van der Waals surface area contributed by atoms with Gasteiger partial charge in [0.05, 0.1) is 6.54 Å². The molecular formula is C9H10ClN3O2. The van der Waals surface area contributed by atoms with Gasteiger partial charge in [-0.2, -0.15) is 0 Å². The summed E-state index contributed by atoms with van der Waals surface area (Å²) in [7, 11) is 0. The van der Waals surface area contributed by atoms with Crippen molar-refractivity contribution in [2.24, 2.45) is 0 Å². The first-order valence-electron chi connectivity index (χ1n) is 4.24. The van der Waals surface area contributed by atoms with E-state index in [1.165, 1.54) is 19.2 Å². The van der Waals surface area contributed by atoms with Crippen LogP contribution in [-0.2, 0) is 9.59 Å². The van der Waals surface area contributed by atoms with E-state index < -0.39 is 0 Å². The minimum Gasteiger partial charge on any atom is -0.347 e. The monoisotopic (exact) mass is 227 g/mol. The van der Waals surface area contributed by atoms with Gasteiger partial charge in [0.1, 0.15) is 5.82 Å². The van der Waals surface area contributed by atoms with Crippen LogP contribution in [-0.4, -0.2) is 23.3 Å². The Kier molecular flexibility index (Phi) is 4.05. The lowest BCUT2D eigenvalue weighted by atomic mass is 10.4. The van der Waals surface area contributed by atoms with Gasteiger partial charge in [-0.05, 0) is 12.1 Å². The SMILES string of the molecule is CC(=O)NCC(=O)Nc1cc(Cl)ccn1. The molecule has 2 amide bonds. The van der Waals surface area contributed by atoms with Crippen LogP contribution in [0.1, 0.15) is 6.92 Å². The Balaban J connectivity index is 2.48. The molecule has 0 aliphatic heterocycles. The van der Waals surface area contributed by atoms with Crippen LogP contribution in [0, 0.1) is 0 Å². The van der Waals surface area contributed by atoms with Crippen molar-refractivity contribution in [2.45, 2.75) is 6.92 Å². The summed E-state index contributed by atoms with van der Waals surface area (Å²) < 4.78 is 0. The number of nitrogens with zero attached hydrogens (tertiary/aromatic N) is 1. The maximum absolute atomic E-state index is 11.2. The van der Waals surface area contributed by atoms with Gasteiger partial charge in [0, 0.05) is 18.1 Å². The number of carbonyl (C=O) groups excluding carboxylic acids is 2. The van der Waals surface area contributed by atoms with Crippen molar-refractivity contribution >= 4 is 29.2 Å². The third kappa shape index (κ3) is 4.42. The first kappa shape index (κ1) is 11.5. The van der Waals surface area contributed by atoms with Crippen molar-refractivity contribution in [2.75, 3.05) is 11.9 Å². The van der Waals surface area contributed by atoms with Gasteiger partial charge in [-0.15, -0.1) is 0 Å². The van der Waals surface area contributed by atoms with Crippen LogP contribution in [0.2, 0.25) is 5.02 Å². The number of hydrogen-bond acceptors (Lipinski definition) is 3. The molecule has 1 aromatic rings. The number of halogens is 1. The van der Waals surface area contributed by atoms with Crippen molar-refractivity contribution in [1.29, 1.82) is 0 Å². The Morgan fingerprint density at radius 2 is 2.27 bits per heavy atom. The molecule has 0 bridgehead atoms. The van der Waals surface area contributed by atoms with Crippen LogP contribution in [0.15, 0.2) is 18.3 Å². The zero-order valence-corrected chi connectivity index (χ0v) is 8.84. The second-order valence-corrected chi connectivity index (χ2v) is 3.25. The molecule has 15 heavy (non-hydrogen) atoms. The van der Waals surface area contributed by atoms with E-state index in [1.54, 1.807) is 6.07 Å². The molecule has 0 radical (unpaired) electrons. The average molecular weight is 228 g/mol. The Bertz CT molecular complexity index is 381. The Morgan fingerprint density at radius 1 is 1.53 bits per heavy atom. The second kappa shape index (κ2) is 5.31. The summed E-state index contributed by atoms with van der Waals surface area (Å²) >= 11 is 5.69. The number of nitrogens with one attached hydrogen (secondary N) is 2. The lowest BCUT2D eigenvalue weighted by Gasteiger charge is -2.04. The number of rotatable bonds is 3. The summed E-state index contributed by atoms with van der Waals surface area (Å²) in [5.74, 6) is -0.248. The summed E-state index contributed by atoms with van der Waals surface area (Å²) in [5, 5.41) is 5.34. The molecule has 0 atom stereocenters. The molecule has 5 nitrogen and oxygen atoms in total. The highest BCUT2D eigenvalue weighted by molar-refractivity contribution is 6.30. The number of aromatic nitrogens is 1. The third-order valence-corrected chi connectivity index (χ3v) is 1.72. The van der Waals surface area contributed by atoms with Crippen molar-refractivity contribution < 1.29 is 9.59 Å². The summed E-state index contributed by atoms with van der Waals surface area (Å²) in [6.45, 7) is 1.26. The Labute approximate surface area is 91.8 Å². The second-order valence-electron chi connectivity index (χ2n) is 2.82. The van der Waals surface area contributed by atoms with Gasteiger partial charge in [0.15, 0.2) is 0 Å². The van der Waals surface area contributed by atoms with Gasteiger partial charge in [-0.1, -0.05) is 11.6 Å². The zero-order valence-electron chi connectivity index (χ0n) is 8.08. The molecule has 0 saturated carbocycles. The van der Waals surface area contributed by atoms with E-state index in [-0.39, 0.29) is 18.4 Å². The summed E-state index contributed by atoms with van der Waals surface area (Å²) in [5.41, 5.74) is 0. The molecule has 2 N–H and O–H groups in total. The van der Waals surface area contributed by atoms with Gasteiger partial charge >= 0.3 is 0 Å². The largest absolute Gasteiger partial charge is 0.347 e. The predicted molar refractivity (Wildman–Crippen MR) is 56.6 cm³/mol. The van der Waals surface area contributed by atoms with Crippen LogP contribution in [0.5, 0.6) is 0 Å². The van der Waals surface area contributed by atoms with Crippen LogP contribution < -0.4 is 10.6 Å². The fraction of sp³-hybridized carbons (Fsp3) is 0.222. The average Bonchev–Trinajstić information content (AvgIpc) is 2.15. The molecule has 0 fully saturated rings. The van der Waals surface area contributed by atoms with E-state index in [1.807, 2.05) is 0 Å². The third-order valence-electron chi connectivity index (χ3n) is 1.49. The summed E-state index contributed by atoms with van der Waals surface area (Å²) in [6, 6.07) is 3.12. The topological polar surface area (TPSA) is 71.1 Å². The minimum atomic E-state index is -0.347. The molecule has 0 saturated heterocycles. The Morgan fingerprint density at radius 3 is 2.87 bits per heavy atom. The summed E-state index contributed by atoms with van der Waals surface area (Å²) in [6.07, 6.45) is 1.48. The van der Waals surface area contributed by atoms with E-state index >= 15 is 0 Å².